The number of halogens is 1. The third-order valence-corrected chi connectivity index (χ3v) is 1.98. The van der Waals surface area contributed by atoms with Gasteiger partial charge in [0.15, 0.2) is 0 Å². The van der Waals surface area contributed by atoms with Crippen LogP contribution in [0, 0.1) is 12.7 Å². The minimum absolute atomic E-state index is 0.285. The van der Waals surface area contributed by atoms with Crippen molar-refractivity contribution in [3.05, 3.63) is 29.6 Å². The highest BCUT2D eigenvalue weighted by molar-refractivity contribution is 5.86. The first-order valence-corrected chi connectivity index (χ1v) is 4.14. The molecule has 0 spiro atoms. The summed E-state index contributed by atoms with van der Waals surface area (Å²) in [6.07, 6.45) is -0.476. The number of hydrogen-bond donors (Lipinski definition) is 0. The lowest BCUT2D eigenvalue weighted by Gasteiger charge is -2.15. The van der Waals surface area contributed by atoms with Crippen molar-refractivity contribution >= 4 is 11.8 Å². The van der Waals surface area contributed by atoms with Crippen LogP contribution in [0.2, 0.25) is 0 Å². The molecule has 0 bridgehead atoms. The number of amides is 1. The highest BCUT2D eigenvalue weighted by atomic mass is 19.1. The van der Waals surface area contributed by atoms with Gasteiger partial charge in [0, 0.05) is 12.7 Å². The van der Waals surface area contributed by atoms with Crippen LogP contribution >= 0.6 is 0 Å². The standard InChI is InChI=1S/C10H12FNO2/c1-7-6-8(4-5-9(7)11)12(2)10(13)14-3/h4-6H,1-3H3. The van der Waals surface area contributed by atoms with E-state index in [1.807, 2.05) is 0 Å². The average Bonchev–Trinajstić information content (AvgIpc) is 2.20. The minimum Gasteiger partial charge on any atom is -0.452 e. The zero-order chi connectivity index (χ0) is 10.7. The molecule has 0 aliphatic carbocycles. The highest BCUT2D eigenvalue weighted by Crippen LogP contribution is 2.17. The number of ether oxygens (including phenoxy) is 1. The van der Waals surface area contributed by atoms with Crippen LogP contribution < -0.4 is 4.90 Å². The SMILES string of the molecule is COC(=O)N(C)c1ccc(F)c(C)c1. The van der Waals surface area contributed by atoms with Gasteiger partial charge in [-0.05, 0) is 30.7 Å². The molecule has 1 amide bonds. The molecule has 1 rings (SSSR count). The zero-order valence-electron chi connectivity index (χ0n) is 8.37. The average molecular weight is 197 g/mol. The van der Waals surface area contributed by atoms with Crippen molar-refractivity contribution in [3.63, 3.8) is 0 Å². The molecular formula is C10H12FNO2. The highest BCUT2D eigenvalue weighted by Gasteiger charge is 2.11. The molecule has 3 nitrogen and oxygen atoms in total. The van der Waals surface area contributed by atoms with E-state index in [-0.39, 0.29) is 5.82 Å². The molecule has 0 N–H and O–H groups in total. The van der Waals surface area contributed by atoms with Crippen LogP contribution in [0.25, 0.3) is 0 Å². The molecule has 76 valence electrons. The normalized spacial score (nSPS) is 9.71. The van der Waals surface area contributed by atoms with E-state index in [4.69, 9.17) is 0 Å². The Balaban J connectivity index is 2.96. The molecule has 0 fully saturated rings. The molecule has 0 aromatic heterocycles. The number of aryl methyl sites for hydroxylation is 1. The molecule has 1 aromatic rings. The van der Waals surface area contributed by atoms with Crippen molar-refractivity contribution in [2.75, 3.05) is 19.1 Å². The largest absolute Gasteiger partial charge is 0.452 e. The maximum Gasteiger partial charge on any atom is 0.413 e. The Morgan fingerprint density at radius 3 is 2.64 bits per heavy atom. The van der Waals surface area contributed by atoms with E-state index in [1.165, 1.54) is 24.1 Å². The summed E-state index contributed by atoms with van der Waals surface area (Å²) in [6.45, 7) is 1.64. The summed E-state index contributed by atoms with van der Waals surface area (Å²) < 4.78 is 17.4. The van der Waals surface area contributed by atoms with Crippen LogP contribution in [0.3, 0.4) is 0 Å². The van der Waals surface area contributed by atoms with Gasteiger partial charge in [-0.25, -0.2) is 9.18 Å². The van der Waals surface area contributed by atoms with Crippen LogP contribution in [0.15, 0.2) is 18.2 Å². The minimum atomic E-state index is -0.476. The first-order valence-electron chi connectivity index (χ1n) is 4.14. The van der Waals surface area contributed by atoms with Gasteiger partial charge in [-0.3, -0.25) is 4.90 Å². The number of rotatable bonds is 1. The lowest BCUT2D eigenvalue weighted by Crippen LogP contribution is -2.25. The summed E-state index contributed by atoms with van der Waals surface area (Å²) in [5.41, 5.74) is 1.11. The third-order valence-electron chi connectivity index (χ3n) is 1.98. The van der Waals surface area contributed by atoms with Crippen molar-refractivity contribution < 1.29 is 13.9 Å². The number of hydrogen-bond acceptors (Lipinski definition) is 2. The number of carbonyl (C=O) groups is 1. The fourth-order valence-electron chi connectivity index (χ4n) is 1.08. The molecule has 0 saturated heterocycles. The molecule has 0 saturated carbocycles. The van der Waals surface area contributed by atoms with Gasteiger partial charge in [0.25, 0.3) is 0 Å². The van der Waals surface area contributed by atoms with Crippen molar-refractivity contribution in [2.24, 2.45) is 0 Å². The monoisotopic (exact) mass is 197 g/mol. The lowest BCUT2D eigenvalue weighted by atomic mass is 10.2. The Hall–Kier alpha value is -1.58. The Bertz CT molecular complexity index is 352. The van der Waals surface area contributed by atoms with E-state index in [0.717, 1.165) is 0 Å². The predicted octanol–water partition coefficient (Wildman–Crippen LogP) is 2.34. The van der Waals surface area contributed by atoms with Gasteiger partial charge in [-0.15, -0.1) is 0 Å². The van der Waals surface area contributed by atoms with Gasteiger partial charge in [0.2, 0.25) is 0 Å². The Morgan fingerprint density at radius 2 is 2.14 bits per heavy atom. The maximum atomic E-state index is 12.9. The van der Waals surface area contributed by atoms with Gasteiger partial charge >= 0.3 is 6.09 Å². The number of methoxy groups -OCH3 is 1. The van der Waals surface area contributed by atoms with Crippen molar-refractivity contribution in [1.82, 2.24) is 0 Å². The Kier molecular flexibility index (Phi) is 3.06. The predicted molar refractivity (Wildman–Crippen MR) is 51.9 cm³/mol. The Morgan fingerprint density at radius 1 is 1.50 bits per heavy atom. The maximum absolute atomic E-state index is 12.9. The second-order valence-electron chi connectivity index (χ2n) is 2.96. The van der Waals surface area contributed by atoms with Crippen LogP contribution in [-0.2, 0) is 4.74 Å². The first-order chi connectivity index (χ1) is 6.56. The summed E-state index contributed by atoms with van der Waals surface area (Å²) in [6, 6.07) is 4.44. The van der Waals surface area contributed by atoms with E-state index in [0.29, 0.717) is 11.3 Å². The number of benzene rings is 1. The third kappa shape index (κ3) is 2.02. The smallest absolute Gasteiger partial charge is 0.413 e. The summed E-state index contributed by atoms with van der Waals surface area (Å²) in [5, 5.41) is 0. The van der Waals surface area contributed by atoms with E-state index in [9.17, 15) is 9.18 Å². The van der Waals surface area contributed by atoms with E-state index >= 15 is 0 Å². The zero-order valence-corrected chi connectivity index (χ0v) is 8.37. The quantitative estimate of drug-likeness (QED) is 0.691. The summed E-state index contributed by atoms with van der Waals surface area (Å²) in [5.74, 6) is -0.285. The van der Waals surface area contributed by atoms with Crippen molar-refractivity contribution in [3.8, 4) is 0 Å². The van der Waals surface area contributed by atoms with E-state index in [2.05, 4.69) is 4.74 Å². The molecule has 0 heterocycles. The Labute approximate surface area is 82.1 Å². The van der Waals surface area contributed by atoms with Crippen LogP contribution in [0.5, 0.6) is 0 Å². The summed E-state index contributed by atoms with van der Waals surface area (Å²) in [7, 11) is 2.87. The molecule has 0 aliphatic rings. The second kappa shape index (κ2) is 4.09. The molecule has 0 radical (unpaired) electrons. The van der Waals surface area contributed by atoms with Crippen LogP contribution in [0.1, 0.15) is 5.56 Å². The molecule has 14 heavy (non-hydrogen) atoms. The van der Waals surface area contributed by atoms with Gasteiger partial charge in [-0.2, -0.15) is 0 Å². The lowest BCUT2D eigenvalue weighted by molar-refractivity contribution is 0.180. The fraction of sp³-hybridized carbons (Fsp3) is 0.300. The van der Waals surface area contributed by atoms with Crippen LogP contribution in [0.4, 0.5) is 14.9 Å². The molecule has 0 atom stereocenters. The fourth-order valence-corrected chi connectivity index (χ4v) is 1.08. The van der Waals surface area contributed by atoms with Gasteiger partial charge in [0.05, 0.1) is 7.11 Å². The van der Waals surface area contributed by atoms with Crippen molar-refractivity contribution in [1.29, 1.82) is 0 Å². The van der Waals surface area contributed by atoms with E-state index < -0.39 is 6.09 Å². The first kappa shape index (κ1) is 10.5. The molecule has 4 heteroatoms. The molecular weight excluding hydrogens is 185 g/mol. The second-order valence-corrected chi connectivity index (χ2v) is 2.96. The molecule has 0 aliphatic heterocycles. The van der Waals surface area contributed by atoms with Crippen molar-refractivity contribution in [2.45, 2.75) is 6.92 Å². The van der Waals surface area contributed by atoms with Gasteiger partial charge in [0.1, 0.15) is 5.82 Å². The van der Waals surface area contributed by atoms with E-state index in [1.54, 1.807) is 20.0 Å². The number of carbonyl (C=O) groups excluding carboxylic acids is 1. The summed E-state index contributed by atoms with van der Waals surface area (Å²) >= 11 is 0. The number of anilines is 1. The van der Waals surface area contributed by atoms with Crippen LogP contribution in [-0.4, -0.2) is 20.3 Å². The topological polar surface area (TPSA) is 29.5 Å². The van der Waals surface area contributed by atoms with Gasteiger partial charge in [-0.1, -0.05) is 0 Å². The number of nitrogens with zero attached hydrogens (tertiary/aromatic N) is 1. The molecule has 0 unspecified atom stereocenters. The van der Waals surface area contributed by atoms with Gasteiger partial charge < -0.3 is 4.74 Å². The summed E-state index contributed by atoms with van der Waals surface area (Å²) in [4.78, 5) is 12.4. The molecule has 1 aromatic carbocycles.